The molecule has 0 amide bonds. The molecule has 0 saturated carbocycles. The van der Waals surface area contributed by atoms with Crippen molar-refractivity contribution in [2.45, 2.75) is 19.4 Å². The molecular formula is C14H20N4O2S. The van der Waals surface area contributed by atoms with Gasteiger partial charge in [-0.3, -0.25) is 4.68 Å². The molecule has 0 radical (unpaired) electrons. The van der Waals surface area contributed by atoms with Crippen LogP contribution in [0.3, 0.4) is 0 Å². The van der Waals surface area contributed by atoms with Crippen molar-refractivity contribution in [3.05, 3.63) is 30.9 Å². The topological polar surface area (TPSA) is 71.0 Å². The van der Waals surface area contributed by atoms with Crippen LogP contribution in [0.2, 0.25) is 0 Å². The smallest absolute Gasteiger partial charge is 0.211 e. The second-order valence-corrected chi connectivity index (χ2v) is 7.64. The Morgan fingerprint density at radius 2 is 2.10 bits per heavy atom. The minimum Gasteiger partial charge on any atom is -0.367 e. The number of aromatic amines is 1. The lowest BCUT2D eigenvalue weighted by molar-refractivity contribution is 0.248. The van der Waals surface area contributed by atoms with E-state index in [0.717, 1.165) is 30.5 Å². The van der Waals surface area contributed by atoms with Crippen LogP contribution in [0, 0.1) is 5.92 Å². The fourth-order valence-corrected chi connectivity index (χ4v) is 3.68. The maximum absolute atomic E-state index is 11.5. The molecule has 114 valence electrons. The van der Waals surface area contributed by atoms with Crippen LogP contribution in [0.1, 0.15) is 12.8 Å². The van der Waals surface area contributed by atoms with Crippen LogP contribution in [-0.4, -0.2) is 46.8 Å². The summed E-state index contributed by atoms with van der Waals surface area (Å²) in [7, 11) is -3.04. The minimum atomic E-state index is -3.04. The molecule has 2 aromatic rings. The van der Waals surface area contributed by atoms with Gasteiger partial charge in [-0.25, -0.2) is 12.7 Å². The van der Waals surface area contributed by atoms with Crippen LogP contribution < -0.4 is 0 Å². The fourth-order valence-electron chi connectivity index (χ4n) is 2.80. The van der Waals surface area contributed by atoms with E-state index in [1.807, 2.05) is 35.5 Å². The lowest BCUT2D eigenvalue weighted by Crippen LogP contribution is -2.38. The van der Waals surface area contributed by atoms with Crippen molar-refractivity contribution in [3.8, 4) is 11.1 Å². The summed E-state index contributed by atoms with van der Waals surface area (Å²) in [6, 6.07) is 2.02. The van der Waals surface area contributed by atoms with Gasteiger partial charge in [-0.1, -0.05) is 0 Å². The third kappa shape index (κ3) is 3.36. The molecule has 7 heteroatoms. The van der Waals surface area contributed by atoms with Crippen LogP contribution >= 0.6 is 0 Å². The lowest BCUT2D eigenvalue weighted by Gasteiger charge is -2.30. The number of nitrogens with zero attached hydrogens (tertiary/aromatic N) is 3. The molecule has 6 nitrogen and oxygen atoms in total. The zero-order valence-corrected chi connectivity index (χ0v) is 12.9. The molecule has 2 aromatic heterocycles. The van der Waals surface area contributed by atoms with Crippen molar-refractivity contribution in [2.75, 3.05) is 19.3 Å². The van der Waals surface area contributed by atoms with Gasteiger partial charge in [-0.05, 0) is 24.8 Å². The van der Waals surface area contributed by atoms with Crippen molar-refractivity contribution >= 4 is 10.0 Å². The Morgan fingerprint density at radius 1 is 1.33 bits per heavy atom. The zero-order chi connectivity index (χ0) is 14.9. The standard InChI is InChI=1S/C14H20N4O2S/c1-21(19,20)18-6-3-12(4-7-18)10-17-11-14(9-16-17)13-2-5-15-8-13/h2,5,8-9,11-12,15H,3-4,6-7,10H2,1H3. The van der Waals surface area contributed by atoms with Gasteiger partial charge in [0.25, 0.3) is 0 Å². The summed E-state index contributed by atoms with van der Waals surface area (Å²) in [6.45, 7) is 2.09. The lowest BCUT2D eigenvalue weighted by atomic mass is 9.98. The summed E-state index contributed by atoms with van der Waals surface area (Å²) < 4.78 is 26.5. The number of nitrogens with one attached hydrogen (secondary N) is 1. The molecule has 1 fully saturated rings. The van der Waals surface area contributed by atoms with Crippen LogP contribution in [0.25, 0.3) is 11.1 Å². The normalized spacial score (nSPS) is 18.1. The van der Waals surface area contributed by atoms with Crippen LogP contribution in [0.5, 0.6) is 0 Å². The third-order valence-corrected chi connectivity index (χ3v) is 5.36. The summed E-state index contributed by atoms with van der Waals surface area (Å²) >= 11 is 0. The summed E-state index contributed by atoms with van der Waals surface area (Å²) in [5.74, 6) is 0.488. The first-order valence-electron chi connectivity index (χ1n) is 7.13. The van der Waals surface area contributed by atoms with Crippen LogP contribution in [-0.2, 0) is 16.6 Å². The average Bonchev–Trinajstić information content (AvgIpc) is 3.08. The van der Waals surface area contributed by atoms with Gasteiger partial charge < -0.3 is 4.98 Å². The molecular weight excluding hydrogens is 288 g/mol. The number of aromatic nitrogens is 3. The molecule has 1 aliphatic heterocycles. The van der Waals surface area contributed by atoms with E-state index in [2.05, 4.69) is 10.1 Å². The van der Waals surface area contributed by atoms with E-state index in [-0.39, 0.29) is 0 Å². The van der Waals surface area contributed by atoms with Gasteiger partial charge in [0.05, 0.1) is 12.5 Å². The molecule has 1 saturated heterocycles. The predicted molar refractivity (Wildman–Crippen MR) is 81.2 cm³/mol. The quantitative estimate of drug-likeness (QED) is 0.931. The summed E-state index contributed by atoms with van der Waals surface area (Å²) in [6.07, 6.45) is 10.8. The molecule has 0 spiro atoms. The van der Waals surface area contributed by atoms with Crippen molar-refractivity contribution in [1.29, 1.82) is 0 Å². The molecule has 3 heterocycles. The SMILES string of the molecule is CS(=O)(=O)N1CCC(Cn2cc(-c3cc[nH]c3)cn2)CC1. The van der Waals surface area contributed by atoms with Crippen LogP contribution in [0.4, 0.5) is 0 Å². The molecule has 21 heavy (non-hydrogen) atoms. The first kappa shape index (κ1) is 14.3. The third-order valence-electron chi connectivity index (χ3n) is 4.05. The highest BCUT2D eigenvalue weighted by atomic mass is 32.2. The number of H-pyrrole nitrogens is 1. The molecule has 1 N–H and O–H groups in total. The first-order chi connectivity index (χ1) is 10.0. The second-order valence-electron chi connectivity index (χ2n) is 5.66. The molecule has 0 unspecified atom stereocenters. The second kappa shape index (κ2) is 5.65. The van der Waals surface area contributed by atoms with Gasteiger partial charge in [0.1, 0.15) is 0 Å². The van der Waals surface area contributed by atoms with E-state index in [1.165, 1.54) is 6.26 Å². The van der Waals surface area contributed by atoms with Crippen molar-refractivity contribution in [2.24, 2.45) is 5.92 Å². The van der Waals surface area contributed by atoms with E-state index >= 15 is 0 Å². The molecule has 0 bridgehead atoms. The van der Waals surface area contributed by atoms with E-state index in [9.17, 15) is 8.42 Å². The summed E-state index contributed by atoms with van der Waals surface area (Å²) in [5.41, 5.74) is 2.23. The summed E-state index contributed by atoms with van der Waals surface area (Å²) in [5, 5.41) is 4.40. The van der Waals surface area contributed by atoms with Gasteiger partial charge in [-0.15, -0.1) is 0 Å². The van der Waals surface area contributed by atoms with Crippen molar-refractivity contribution in [1.82, 2.24) is 19.1 Å². The van der Waals surface area contributed by atoms with E-state index in [4.69, 9.17) is 0 Å². The summed E-state index contributed by atoms with van der Waals surface area (Å²) in [4.78, 5) is 3.04. The maximum Gasteiger partial charge on any atom is 0.211 e. The number of piperidine rings is 1. The van der Waals surface area contributed by atoms with Gasteiger partial charge in [0, 0.05) is 49.4 Å². The number of hydrogen-bond donors (Lipinski definition) is 1. The van der Waals surface area contributed by atoms with Gasteiger partial charge in [-0.2, -0.15) is 5.10 Å². The molecule has 0 aliphatic carbocycles. The first-order valence-corrected chi connectivity index (χ1v) is 8.98. The highest BCUT2D eigenvalue weighted by molar-refractivity contribution is 7.88. The highest BCUT2D eigenvalue weighted by Crippen LogP contribution is 2.22. The average molecular weight is 308 g/mol. The Kier molecular flexibility index (Phi) is 3.86. The fraction of sp³-hybridized carbons (Fsp3) is 0.500. The largest absolute Gasteiger partial charge is 0.367 e. The van der Waals surface area contributed by atoms with E-state index in [0.29, 0.717) is 19.0 Å². The van der Waals surface area contributed by atoms with Crippen molar-refractivity contribution in [3.63, 3.8) is 0 Å². The Balaban J connectivity index is 1.59. The highest BCUT2D eigenvalue weighted by Gasteiger charge is 2.25. The zero-order valence-electron chi connectivity index (χ0n) is 12.1. The minimum absolute atomic E-state index is 0.488. The van der Waals surface area contributed by atoms with Crippen LogP contribution in [0.15, 0.2) is 30.9 Å². The Morgan fingerprint density at radius 3 is 2.71 bits per heavy atom. The molecule has 1 aliphatic rings. The Hall–Kier alpha value is -1.60. The molecule has 0 atom stereocenters. The number of rotatable bonds is 4. The van der Waals surface area contributed by atoms with E-state index < -0.39 is 10.0 Å². The monoisotopic (exact) mass is 308 g/mol. The Bertz CT molecular complexity index is 682. The predicted octanol–water partition coefficient (Wildman–Crippen LogP) is 1.55. The number of hydrogen-bond acceptors (Lipinski definition) is 3. The van der Waals surface area contributed by atoms with Gasteiger partial charge in [0.15, 0.2) is 0 Å². The number of sulfonamides is 1. The Labute approximate surface area is 124 Å². The molecule has 3 rings (SSSR count). The van der Waals surface area contributed by atoms with Gasteiger partial charge in [0.2, 0.25) is 10.0 Å². The van der Waals surface area contributed by atoms with Gasteiger partial charge >= 0.3 is 0 Å². The van der Waals surface area contributed by atoms with E-state index in [1.54, 1.807) is 4.31 Å². The molecule has 0 aromatic carbocycles. The van der Waals surface area contributed by atoms with Crippen molar-refractivity contribution < 1.29 is 8.42 Å². The maximum atomic E-state index is 11.5.